The Hall–Kier alpha value is -3.30. The van der Waals surface area contributed by atoms with Gasteiger partial charge in [0.25, 0.3) is 0 Å². The number of nitrogens with one attached hydrogen (secondary N) is 5. The molecule has 5 N–H and O–H groups in total. The molecule has 0 fully saturated rings. The van der Waals surface area contributed by atoms with Gasteiger partial charge in [0, 0.05) is 19.5 Å². The van der Waals surface area contributed by atoms with Crippen molar-refractivity contribution >= 4 is 58.5 Å². The van der Waals surface area contributed by atoms with Gasteiger partial charge in [-0.15, -0.1) is 0 Å². The van der Waals surface area contributed by atoms with Crippen molar-refractivity contribution in [3.63, 3.8) is 0 Å². The van der Waals surface area contributed by atoms with E-state index in [2.05, 4.69) is 25.0 Å². The average Bonchev–Trinajstić information content (AvgIpc) is 2.60. The first kappa shape index (κ1) is 23.7. The van der Waals surface area contributed by atoms with E-state index in [0.29, 0.717) is 17.8 Å². The maximum absolute atomic E-state index is 8.11. The summed E-state index contributed by atoms with van der Waals surface area (Å²) in [4.78, 5) is 20.3. The monoisotopic (exact) mass is 370 g/mol. The van der Waals surface area contributed by atoms with Crippen molar-refractivity contribution in [2.24, 2.45) is 25.0 Å². The van der Waals surface area contributed by atoms with Crippen LogP contribution in [0.2, 0.25) is 0 Å². The van der Waals surface area contributed by atoms with E-state index in [4.69, 9.17) is 27.0 Å². The molecule has 0 aromatic heterocycles. The molecule has 0 radical (unpaired) electrons. The molecule has 0 aromatic rings. The summed E-state index contributed by atoms with van der Waals surface area (Å²) in [6.45, 7) is 6.48. The Kier molecular flexibility index (Phi) is 10.6. The van der Waals surface area contributed by atoms with E-state index in [1.165, 1.54) is 20.2 Å². The number of rotatable bonds is 8. The average molecular weight is 370 g/mol. The Bertz CT molecular complexity index is 778. The molecule has 0 aromatic carbocycles. The molecule has 10 heteroatoms. The summed E-state index contributed by atoms with van der Waals surface area (Å²) >= 11 is 0. The zero-order valence-corrected chi connectivity index (χ0v) is 16.3. The molecule has 10 nitrogen and oxygen atoms in total. The van der Waals surface area contributed by atoms with Crippen LogP contribution in [0.4, 0.5) is 0 Å². The van der Waals surface area contributed by atoms with Gasteiger partial charge in [0.1, 0.15) is 0 Å². The van der Waals surface area contributed by atoms with Gasteiger partial charge < -0.3 is 21.6 Å². The number of nitrogens with zero attached hydrogens (tertiary/aromatic N) is 5. The standard InChI is InChI=1S/C17H26N10/c1-6-13(15(22)27-17(12(4)21)24-8-7-18)25-9-14(10(2)19)26-16(23-5)11(3)20/h7-8,18-22H,6,9H2,1-5H3. The maximum Gasteiger partial charge on any atom is 0.175 e. The molecular formula is C17H26N10. The highest BCUT2D eigenvalue weighted by Gasteiger charge is 2.10. The smallest absolute Gasteiger partial charge is 0.175 e. The molecule has 0 heterocycles. The molecule has 0 saturated heterocycles. The predicted molar refractivity (Wildman–Crippen MR) is 116 cm³/mol. The van der Waals surface area contributed by atoms with Gasteiger partial charge in [0.15, 0.2) is 17.5 Å². The largest absolute Gasteiger partial charge is 0.307 e. The maximum atomic E-state index is 8.11. The summed E-state index contributed by atoms with van der Waals surface area (Å²) in [5.74, 6) is 0.109. The molecule has 0 aliphatic rings. The number of aliphatic imine (C=N–C) groups is 5. The van der Waals surface area contributed by atoms with Gasteiger partial charge in [-0.3, -0.25) is 15.4 Å². The molecule has 0 saturated carbocycles. The fourth-order valence-electron chi connectivity index (χ4n) is 1.68. The Morgan fingerprint density at radius 1 is 0.852 bits per heavy atom. The number of amidine groups is 3. The first-order chi connectivity index (χ1) is 12.7. The lowest BCUT2D eigenvalue weighted by Crippen LogP contribution is -2.21. The Balaban J connectivity index is 5.75. The van der Waals surface area contributed by atoms with Gasteiger partial charge >= 0.3 is 0 Å². The van der Waals surface area contributed by atoms with Crippen LogP contribution in [0.15, 0.2) is 25.0 Å². The first-order valence-corrected chi connectivity index (χ1v) is 8.12. The van der Waals surface area contributed by atoms with Crippen molar-refractivity contribution in [1.82, 2.24) is 0 Å². The minimum atomic E-state index is -0.143. The quantitative estimate of drug-likeness (QED) is 0.311. The van der Waals surface area contributed by atoms with Gasteiger partial charge in [0.05, 0.1) is 35.1 Å². The second kappa shape index (κ2) is 12.1. The number of hydrogen-bond acceptors (Lipinski definition) is 7. The van der Waals surface area contributed by atoms with Gasteiger partial charge in [-0.2, -0.15) is 0 Å². The summed E-state index contributed by atoms with van der Waals surface area (Å²) in [6, 6.07) is 0. The third-order valence-corrected chi connectivity index (χ3v) is 3.07. The van der Waals surface area contributed by atoms with E-state index < -0.39 is 0 Å². The van der Waals surface area contributed by atoms with Crippen LogP contribution in [0.1, 0.15) is 34.1 Å². The number of hydrogen-bond donors (Lipinski definition) is 5. The molecule has 0 rings (SSSR count). The highest BCUT2D eigenvalue weighted by molar-refractivity contribution is 6.50. The molecule has 0 bridgehead atoms. The molecule has 144 valence electrons. The summed E-state index contributed by atoms with van der Waals surface area (Å²) in [5.41, 5.74) is 1.15. The summed E-state index contributed by atoms with van der Waals surface area (Å²) in [6.07, 6.45) is 2.57. The van der Waals surface area contributed by atoms with Crippen molar-refractivity contribution < 1.29 is 0 Å². The van der Waals surface area contributed by atoms with Gasteiger partial charge in [-0.25, -0.2) is 15.0 Å². The molecule has 0 aliphatic carbocycles. The zero-order chi connectivity index (χ0) is 21.0. The second-order valence-corrected chi connectivity index (χ2v) is 5.33. The van der Waals surface area contributed by atoms with Crippen molar-refractivity contribution in [3.05, 3.63) is 0 Å². The Morgan fingerprint density at radius 2 is 1.44 bits per heavy atom. The lowest BCUT2D eigenvalue weighted by atomic mass is 10.2. The summed E-state index contributed by atoms with van der Waals surface area (Å²) in [7, 11) is 1.52. The van der Waals surface area contributed by atoms with Crippen molar-refractivity contribution in [1.29, 1.82) is 27.0 Å². The van der Waals surface area contributed by atoms with Crippen LogP contribution in [0.5, 0.6) is 0 Å². The molecule has 27 heavy (non-hydrogen) atoms. The lowest BCUT2D eigenvalue weighted by molar-refractivity contribution is 1.21. The van der Waals surface area contributed by atoms with E-state index in [-0.39, 0.29) is 41.2 Å². The molecule has 0 atom stereocenters. The van der Waals surface area contributed by atoms with E-state index in [1.807, 2.05) is 6.92 Å². The lowest BCUT2D eigenvalue weighted by Gasteiger charge is -2.06. The second-order valence-electron chi connectivity index (χ2n) is 5.33. The van der Waals surface area contributed by atoms with Crippen LogP contribution in [-0.2, 0) is 0 Å². The van der Waals surface area contributed by atoms with E-state index in [9.17, 15) is 0 Å². The highest BCUT2D eigenvalue weighted by Crippen LogP contribution is 1.97. The fourth-order valence-corrected chi connectivity index (χ4v) is 1.68. The van der Waals surface area contributed by atoms with Crippen LogP contribution < -0.4 is 0 Å². The van der Waals surface area contributed by atoms with Gasteiger partial charge in [0.2, 0.25) is 0 Å². The Morgan fingerprint density at radius 3 is 1.85 bits per heavy atom. The minimum absolute atomic E-state index is 0.0293. The third kappa shape index (κ3) is 8.56. The van der Waals surface area contributed by atoms with Crippen LogP contribution in [0.25, 0.3) is 0 Å². The van der Waals surface area contributed by atoms with E-state index in [0.717, 1.165) is 6.21 Å². The van der Waals surface area contributed by atoms with Gasteiger partial charge in [-0.1, -0.05) is 6.92 Å². The molecular weight excluding hydrogens is 344 g/mol. The zero-order valence-electron chi connectivity index (χ0n) is 16.3. The van der Waals surface area contributed by atoms with E-state index >= 15 is 0 Å². The van der Waals surface area contributed by atoms with Crippen molar-refractivity contribution in [2.45, 2.75) is 34.1 Å². The van der Waals surface area contributed by atoms with Crippen molar-refractivity contribution in [3.8, 4) is 0 Å². The van der Waals surface area contributed by atoms with Crippen LogP contribution >= 0.6 is 0 Å². The van der Waals surface area contributed by atoms with Crippen LogP contribution in [-0.4, -0.2) is 72.1 Å². The van der Waals surface area contributed by atoms with E-state index in [1.54, 1.807) is 13.8 Å². The molecule has 0 spiro atoms. The normalized spacial score (nSPS) is 13.7. The molecule has 0 amide bonds. The van der Waals surface area contributed by atoms with Crippen LogP contribution in [0.3, 0.4) is 0 Å². The predicted octanol–water partition coefficient (Wildman–Crippen LogP) is 2.52. The summed E-state index contributed by atoms with van der Waals surface area (Å²) in [5, 5.41) is 38.2. The highest BCUT2D eigenvalue weighted by atomic mass is 15.0. The van der Waals surface area contributed by atoms with Crippen LogP contribution in [0, 0.1) is 27.0 Å². The fraction of sp³-hybridized carbons (Fsp3) is 0.412. The topological polar surface area (TPSA) is 181 Å². The Labute approximate surface area is 158 Å². The van der Waals surface area contributed by atoms with Crippen molar-refractivity contribution in [2.75, 3.05) is 13.6 Å². The molecule has 0 aliphatic heterocycles. The first-order valence-electron chi connectivity index (χ1n) is 8.12. The molecule has 0 unspecified atom stereocenters. The van der Waals surface area contributed by atoms with Gasteiger partial charge in [-0.05, 0) is 27.2 Å². The third-order valence-electron chi connectivity index (χ3n) is 3.07. The summed E-state index contributed by atoms with van der Waals surface area (Å²) < 4.78 is 0. The SMILES string of the molecule is CCC(=NCC(=NC(=NC)C(C)=N)C(C)=N)C(=N)N=C(N=CC=N)C(C)=N. The minimum Gasteiger partial charge on any atom is -0.307 e.